The number of benzene rings is 1. The predicted octanol–water partition coefficient (Wildman–Crippen LogP) is 1.53. The van der Waals surface area contributed by atoms with Gasteiger partial charge in [-0.05, 0) is 31.0 Å². The maximum Gasteiger partial charge on any atom is 0.301 e. The molecule has 1 aromatic carbocycles. The molecule has 0 spiro atoms. The highest BCUT2D eigenvalue weighted by Gasteiger charge is 2.17. The van der Waals surface area contributed by atoms with Crippen LogP contribution in [0.4, 0.5) is 5.69 Å². The lowest BCUT2D eigenvalue weighted by molar-refractivity contribution is 0.416. The second kappa shape index (κ2) is 4.93. The van der Waals surface area contributed by atoms with Crippen molar-refractivity contribution < 1.29 is 13.2 Å². The van der Waals surface area contributed by atoms with E-state index in [9.17, 15) is 8.42 Å². The molecule has 6 heteroatoms. The van der Waals surface area contributed by atoms with E-state index in [0.29, 0.717) is 11.4 Å². The minimum Gasteiger partial charge on any atom is -0.495 e. The van der Waals surface area contributed by atoms with Crippen molar-refractivity contribution in [1.29, 1.82) is 0 Å². The minimum absolute atomic E-state index is 0.479. The third-order valence-corrected chi connectivity index (χ3v) is 3.80. The van der Waals surface area contributed by atoms with Crippen molar-refractivity contribution in [3.05, 3.63) is 23.3 Å². The highest BCUT2D eigenvalue weighted by Crippen LogP contribution is 2.30. The maximum atomic E-state index is 11.8. The van der Waals surface area contributed by atoms with E-state index in [-0.39, 0.29) is 0 Å². The highest BCUT2D eigenvalue weighted by molar-refractivity contribution is 7.90. The topological polar surface area (TPSA) is 58.6 Å². The molecule has 1 rings (SSSR count). The lowest BCUT2D eigenvalue weighted by atomic mass is 10.1. The van der Waals surface area contributed by atoms with Gasteiger partial charge in [0.15, 0.2) is 0 Å². The summed E-state index contributed by atoms with van der Waals surface area (Å²) in [6.07, 6.45) is 0. The van der Waals surface area contributed by atoms with Gasteiger partial charge in [0.25, 0.3) is 0 Å². The van der Waals surface area contributed by atoms with Gasteiger partial charge < -0.3 is 4.74 Å². The molecule has 1 aromatic rings. The number of hydrogen-bond donors (Lipinski definition) is 1. The lowest BCUT2D eigenvalue weighted by Crippen LogP contribution is -2.29. The molecule has 0 radical (unpaired) electrons. The number of nitrogens with zero attached hydrogens (tertiary/aromatic N) is 1. The number of ether oxygens (including phenoxy) is 1. The van der Waals surface area contributed by atoms with Crippen LogP contribution in [0.1, 0.15) is 11.1 Å². The summed E-state index contributed by atoms with van der Waals surface area (Å²) >= 11 is 0. The summed E-state index contributed by atoms with van der Waals surface area (Å²) in [5, 5.41) is 0. The average molecular weight is 258 g/mol. The summed E-state index contributed by atoms with van der Waals surface area (Å²) in [5.41, 5.74) is 2.33. The molecule has 0 amide bonds. The molecule has 1 N–H and O–H groups in total. The number of rotatable bonds is 4. The minimum atomic E-state index is -3.52. The fraction of sp³-hybridized carbons (Fsp3) is 0.455. The van der Waals surface area contributed by atoms with Crippen LogP contribution < -0.4 is 9.46 Å². The fourth-order valence-corrected chi connectivity index (χ4v) is 2.14. The monoisotopic (exact) mass is 258 g/mol. The Morgan fingerprint density at radius 3 is 2.29 bits per heavy atom. The van der Waals surface area contributed by atoms with Crippen molar-refractivity contribution in [2.24, 2.45) is 0 Å². The van der Waals surface area contributed by atoms with Crippen LogP contribution in [-0.4, -0.2) is 33.9 Å². The number of anilines is 1. The van der Waals surface area contributed by atoms with Crippen LogP contribution in [0.15, 0.2) is 12.1 Å². The molecule has 0 aliphatic heterocycles. The van der Waals surface area contributed by atoms with Crippen LogP contribution in [0.3, 0.4) is 0 Å². The second-order valence-electron chi connectivity index (χ2n) is 4.05. The summed E-state index contributed by atoms with van der Waals surface area (Å²) in [5.74, 6) is 0.521. The molecular formula is C11H18N2O3S. The first-order chi connectivity index (χ1) is 7.77. The van der Waals surface area contributed by atoms with Crippen molar-refractivity contribution in [3.8, 4) is 5.75 Å². The Bertz CT molecular complexity index is 510. The van der Waals surface area contributed by atoms with E-state index in [2.05, 4.69) is 4.72 Å². The van der Waals surface area contributed by atoms with Crippen LogP contribution in [0.5, 0.6) is 5.75 Å². The van der Waals surface area contributed by atoms with Crippen molar-refractivity contribution in [3.63, 3.8) is 0 Å². The summed E-state index contributed by atoms with van der Waals surface area (Å²) in [6, 6.07) is 3.69. The predicted molar refractivity (Wildman–Crippen MR) is 68.7 cm³/mol. The highest BCUT2D eigenvalue weighted by atomic mass is 32.2. The molecule has 0 aromatic heterocycles. The first-order valence-corrected chi connectivity index (χ1v) is 6.57. The molecule has 0 heterocycles. The Kier molecular flexibility index (Phi) is 4.00. The standard InChI is InChI=1S/C11H18N2O3S/c1-8-6-9(2)11(10(7-8)16-5)12-17(14,15)13(3)4/h6-7,12H,1-5H3. The number of methoxy groups -OCH3 is 1. The average Bonchev–Trinajstić information content (AvgIpc) is 2.21. The number of hydrogen-bond acceptors (Lipinski definition) is 3. The van der Waals surface area contributed by atoms with Gasteiger partial charge in [-0.25, -0.2) is 0 Å². The first-order valence-electron chi connectivity index (χ1n) is 5.13. The quantitative estimate of drug-likeness (QED) is 0.891. The Labute approximate surface area is 103 Å². The first kappa shape index (κ1) is 13.8. The summed E-state index contributed by atoms with van der Waals surface area (Å²) in [6.45, 7) is 3.77. The van der Waals surface area contributed by atoms with Crippen LogP contribution in [-0.2, 0) is 10.2 Å². The van der Waals surface area contributed by atoms with Gasteiger partial charge in [-0.15, -0.1) is 0 Å². The molecule has 0 unspecified atom stereocenters. The van der Waals surface area contributed by atoms with E-state index in [1.807, 2.05) is 19.9 Å². The molecule has 0 bridgehead atoms. The van der Waals surface area contributed by atoms with Crippen molar-refractivity contribution in [2.75, 3.05) is 25.9 Å². The number of aryl methyl sites for hydroxylation is 2. The molecule has 0 aliphatic carbocycles. The molecule has 5 nitrogen and oxygen atoms in total. The lowest BCUT2D eigenvalue weighted by Gasteiger charge is -2.18. The zero-order valence-electron chi connectivity index (χ0n) is 10.7. The molecule has 17 heavy (non-hydrogen) atoms. The third kappa shape index (κ3) is 3.10. The van der Waals surface area contributed by atoms with E-state index in [1.165, 1.54) is 21.2 Å². The summed E-state index contributed by atoms with van der Waals surface area (Å²) < 4.78 is 32.3. The van der Waals surface area contributed by atoms with Crippen molar-refractivity contribution in [1.82, 2.24) is 4.31 Å². The van der Waals surface area contributed by atoms with Gasteiger partial charge >= 0.3 is 10.2 Å². The van der Waals surface area contributed by atoms with Gasteiger partial charge in [0.1, 0.15) is 5.75 Å². The molecule has 0 fully saturated rings. The smallest absolute Gasteiger partial charge is 0.301 e. The van der Waals surface area contributed by atoms with Gasteiger partial charge in [-0.1, -0.05) is 6.07 Å². The van der Waals surface area contributed by atoms with E-state index in [0.717, 1.165) is 15.4 Å². The fourth-order valence-electron chi connectivity index (χ4n) is 1.44. The third-order valence-electron chi connectivity index (χ3n) is 2.38. The Morgan fingerprint density at radius 2 is 1.82 bits per heavy atom. The molecule has 96 valence electrons. The summed E-state index contributed by atoms with van der Waals surface area (Å²) in [4.78, 5) is 0. The SMILES string of the molecule is COc1cc(C)cc(C)c1NS(=O)(=O)N(C)C. The van der Waals surface area contributed by atoms with E-state index in [1.54, 1.807) is 6.07 Å². The zero-order chi connectivity index (χ0) is 13.2. The molecule has 0 atom stereocenters. The summed E-state index contributed by atoms with van der Waals surface area (Å²) in [7, 11) is 0.941. The van der Waals surface area contributed by atoms with Crippen LogP contribution >= 0.6 is 0 Å². The van der Waals surface area contributed by atoms with Gasteiger partial charge in [0, 0.05) is 14.1 Å². The molecule has 0 saturated carbocycles. The van der Waals surface area contributed by atoms with Gasteiger partial charge in [-0.3, -0.25) is 4.72 Å². The van der Waals surface area contributed by atoms with Crippen LogP contribution in [0.25, 0.3) is 0 Å². The molecular weight excluding hydrogens is 240 g/mol. The van der Waals surface area contributed by atoms with Gasteiger partial charge in [-0.2, -0.15) is 12.7 Å². The normalized spacial score (nSPS) is 11.6. The van der Waals surface area contributed by atoms with Gasteiger partial charge in [0.05, 0.1) is 12.8 Å². The van der Waals surface area contributed by atoms with Gasteiger partial charge in [0.2, 0.25) is 0 Å². The largest absolute Gasteiger partial charge is 0.495 e. The maximum absolute atomic E-state index is 11.8. The molecule has 0 aliphatic rings. The van der Waals surface area contributed by atoms with Crippen LogP contribution in [0.2, 0.25) is 0 Å². The Morgan fingerprint density at radius 1 is 1.24 bits per heavy atom. The van der Waals surface area contributed by atoms with Crippen molar-refractivity contribution >= 4 is 15.9 Å². The Hall–Kier alpha value is -1.27. The van der Waals surface area contributed by atoms with Crippen molar-refractivity contribution in [2.45, 2.75) is 13.8 Å². The van der Waals surface area contributed by atoms with Crippen LogP contribution in [0, 0.1) is 13.8 Å². The van der Waals surface area contributed by atoms with E-state index in [4.69, 9.17) is 4.74 Å². The zero-order valence-corrected chi connectivity index (χ0v) is 11.6. The second-order valence-corrected chi connectivity index (χ2v) is 5.93. The van der Waals surface area contributed by atoms with E-state index < -0.39 is 10.2 Å². The van der Waals surface area contributed by atoms with E-state index >= 15 is 0 Å². The Balaban J connectivity index is 3.24. The molecule has 0 saturated heterocycles. The number of nitrogens with one attached hydrogen (secondary N) is 1.